The van der Waals surface area contributed by atoms with Gasteiger partial charge in [0, 0.05) is 23.6 Å². The van der Waals surface area contributed by atoms with Gasteiger partial charge in [0.2, 0.25) is 5.91 Å². The number of nitrogens with zero attached hydrogens (tertiary/aromatic N) is 1. The largest absolute Gasteiger partial charge is 0.490 e. The minimum Gasteiger partial charge on any atom is -0.490 e. The minimum absolute atomic E-state index is 0.0606. The Balaban J connectivity index is 1.85. The van der Waals surface area contributed by atoms with E-state index in [-0.39, 0.29) is 37.0 Å². The highest BCUT2D eigenvalue weighted by atomic mass is 79.9. The molecule has 122 valence electrons. The Bertz CT molecular complexity index is 694. The molecule has 0 saturated heterocycles. The first-order valence-corrected chi connectivity index (χ1v) is 7.82. The van der Waals surface area contributed by atoms with Gasteiger partial charge in [-0.2, -0.15) is 0 Å². The minimum atomic E-state index is -0.468. The number of ether oxygens (including phenoxy) is 1. The third-order valence-electron chi connectivity index (χ3n) is 3.25. The van der Waals surface area contributed by atoms with Crippen LogP contribution in [0.3, 0.4) is 0 Å². The summed E-state index contributed by atoms with van der Waals surface area (Å²) in [5, 5.41) is 0. The summed E-state index contributed by atoms with van der Waals surface area (Å²) in [6.45, 7) is 0.217. The number of carbonyl (C=O) groups excluding carboxylic acids is 1. The zero-order valence-corrected chi connectivity index (χ0v) is 14.1. The first kappa shape index (κ1) is 17.4. The van der Waals surface area contributed by atoms with Crippen LogP contribution in [0.4, 0.5) is 8.78 Å². The van der Waals surface area contributed by atoms with Crippen molar-refractivity contribution in [3.63, 3.8) is 0 Å². The third kappa shape index (κ3) is 5.03. The third-order valence-corrected chi connectivity index (χ3v) is 3.74. The average molecular weight is 384 g/mol. The lowest BCUT2D eigenvalue weighted by Gasteiger charge is -2.18. The Morgan fingerprint density at radius 2 is 1.91 bits per heavy atom. The van der Waals surface area contributed by atoms with Crippen molar-refractivity contribution in [1.82, 2.24) is 4.90 Å². The summed E-state index contributed by atoms with van der Waals surface area (Å²) in [7, 11) is 1.59. The lowest BCUT2D eigenvalue weighted by Crippen LogP contribution is -2.28. The van der Waals surface area contributed by atoms with E-state index in [0.717, 1.165) is 4.47 Å². The van der Waals surface area contributed by atoms with Gasteiger partial charge in [-0.1, -0.05) is 28.1 Å². The van der Waals surface area contributed by atoms with Crippen LogP contribution in [0.25, 0.3) is 0 Å². The fourth-order valence-electron chi connectivity index (χ4n) is 2.01. The Morgan fingerprint density at radius 1 is 1.17 bits per heavy atom. The molecule has 2 aromatic rings. The topological polar surface area (TPSA) is 29.5 Å². The number of benzene rings is 2. The summed E-state index contributed by atoms with van der Waals surface area (Å²) in [5.74, 6) is -0.929. The molecule has 0 aliphatic heterocycles. The van der Waals surface area contributed by atoms with E-state index in [1.807, 2.05) is 0 Å². The number of hydrogen-bond acceptors (Lipinski definition) is 2. The van der Waals surface area contributed by atoms with Crippen molar-refractivity contribution in [2.75, 3.05) is 13.7 Å². The maximum atomic E-state index is 13.7. The van der Waals surface area contributed by atoms with Crippen molar-refractivity contribution in [2.24, 2.45) is 0 Å². The van der Waals surface area contributed by atoms with Gasteiger partial charge in [0.25, 0.3) is 0 Å². The summed E-state index contributed by atoms with van der Waals surface area (Å²) < 4.78 is 33.1. The molecule has 1 amide bonds. The fraction of sp³-hybridized carbons (Fsp3) is 0.235. The van der Waals surface area contributed by atoms with Gasteiger partial charge in [-0.05, 0) is 30.3 Å². The van der Waals surface area contributed by atoms with Gasteiger partial charge < -0.3 is 9.64 Å². The molecule has 0 fully saturated rings. The molecule has 0 aromatic heterocycles. The molecule has 0 radical (unpaired) electrons. The first-order chi connectivity index (χ1) is 11.0. The summed E-state index contributed by atoms with van der Waals surface area (Å²) in [6.07, 6.45) is 0.0838. The number of amides is 1. The fourth-order valence-corrected chi connectivity index (χ4v) is 2.42. The average Bonchev–Trinajstić information content (AvgIpc) is 2.52. The molecule has 3 nitrogen and oxygen atoms in total. The van der Waals surface area contributed by atoms with E-state index < -0.39 is 5.82 Å². The van der Waals surface area contributed by atoms with Gasteiger partial charge in [-0.3, -0.25) is 4.79 Å². The second kappa shape index (κ2) is 8.06. The van der Waals surface area contributed by atoms with E-state index >= 15 is 0 Å². The molecule has 2 rings (SSSR count). The van der Waals surface area contributed by atoms with Crippen molar-refractivity contribution in [1.29, 1.82) is 0 Å². The van der Waals surface area contributed by atoms with Gasteiger partial charge in [0.15, 0.2) is 11.6 Å². The number of rotatable bonds is 6. The maximum Gasteiger partial charge on any atom is 0.226 e. The Hall–Kier alpha value is -1.95. The van der Waals surface area contributed by atoms with Crippen LogP contribution in [0.1, 0.15) is 12.0 Å². The first-order valence-electron chi connectivity index (χ1n) is 7.02. The van der Waals surface area contributed by atoms with E-state index in [0.29, 0.717) is 5.56 Å². The molecule has 0 spiro atoms. The lowest BCUT2D eigenvalue weighted by atomic mass is 10.2. The smallest absolute Gasteiger partial charge is 0.226 e. The number of carbonyl (C=O) groups is 1. The van der Waals surface area contributed by atoms with Crippen LogP contribution in [-0.4, -0.2) is 24.5 Å². The highest BCUT2D eigenvalue weighted by Crippen LogP contribution is 2.18. The quantitative estimate of drug-likeness (QED) is 0.749. The van der Waals surface area contributed by atoms with Crippen molar-refractivity contribution in [2.45, 2.75) is 13.0 Å². The molecule has 0 saturated carbocycles. The molecule has 0 unspecified atom stereocenters. The molecule has 0 N–H and O–H groups in total. The molecule has 0 aliphatic rings. The summed E-state index contributed by atoms with van der Waals surface area (Å²) in [4.78, 5) is 13.4. The molecule has 2 aromatic carbocycles. The van der Waals surface area contributed by atoms with E-state index in [1.165, 1.54) is 23.1 Å². The van der Waals surface area contributed by atoms with Crippen LogP contribution >= 0.6 is 15.9 Å². The second-order valence-corrected chi connectivity index (χ2v) is 5.93. The maximum absolute atomic E-state index is 13.7. The van der Waals surface area contributed by atoms with Gasteiger partial charge in [-0.15, -0.1) is 0 Å². The molecule has 0 aliphatic carbocycles. The standard InChI is InChI=1S/C17H16BrF2NO2/c1-21(11-12-10-13(18)6-7-14(12)19)17(22)8-9-23-16-5-3-2-4-15(16)20/h2-7,10H,8-9,11H2,1H3. The highest BCUT2D eigenvalue weighted by molar-refractivity contribution is 9.10. The van der Waals surface area contributed by atoms with E-state index in [1.54, 1.807) is 31.3 Å². The van der Waals surface area contributed by atoms with Gasteiger partial charge >= 0.3 is 0 Å². The molecular formula is C17H16BrF2NO2. The van der Waals surface area contributed by atoms with Crippen LogP contribution in [0.5, 0.6) is 5.75 Å². The van der Waals surface area contributed by atoms with Crippen molar-refractivity contribution >= 4 is 21.8 Å². The molecule has 23 heavy (non-hydrogen) atoms. The Kier molecular flexibility index (Phi) is 6.10. The molecular weight excluding hydrogens is 368 g/mol. The number of halogens is 3. The monoisotopic (exact) mass is 383 g/mol. The molecule has 6 heteroatoms. The number of hydrogen-bond donors (Lipinski definition) is 0. The van der Waals surface area contributed by atoms with E-state index in [2.05, 4.69) is 15.9 Å². The van der Waals surface area contributed by atoms with Gasteiger partial charge in [0.05, 0.1) is 13.0 Å². The number of para-hydroxylation sites is 1. The van der Waals surface area contributed by atoms with Crippen LogP contribution in [0.2, 0.25) is 0 Å². The molecule has 0 atom stereocenters. The molecule has 0 bridgehead atoms. The van der Waals surface area contributed by atoms with Crippen molar-refractivity contribution < 1.29 is 18.3 Å². The lowest BCUT2D eigenvalue weighted by molar-refractivity contribution is -0.131. The van der Waals surface area contributed by atoms with Crippen LogP contribution in [0.15, 0.2) is 46.9 Å². The molecule has 0 heterocycles. The zero-order valence-electron chi connectivity index (χ0n) is 12.6. The van der Waals surface area contributed by atoms with Crippen molar-refractivity contribution in [3.05, 3.63) is 64.1 Å². The normalized spacial score (nSPS) is 10.4. The summed E-state index contributed by atoms with van der Waals surface area (Å²) in [5.41, 5.74) is 0.422. The van der Waals surface area contributed by atoms with Gasteiger partial charge in [0.1, 0.15) is 5.82 Å². The summed E-state index contributed by atoms with van der Waals surface area (Å²) in [6, 6.07) is 10.6. The van der Waals surface area contributed by atoms with Crippen LogP contribution < -0.4 is 4.74 Å². The Labute approximate surface area is 142 Å². The predicted octanol–water partition coefficient (Wildman–Crippen LogP) is 4.15. The van der Waals surface area contributed by atoms with E-state index in [9.17, 15) is 13.6 Å². The Morgan fingerprint density at radius 3 is 2.65 bits per heavy atom. The predicted molar refractivity (Wildman–Crippen MR) is 87.1 cm³/mol. The van der Waals surface area contributed by atoms with Crippen LogP contribution in [-0.2, 0) is 11.3 Å². The highest BCUT2D eigenvalue weighted by Gasteiger charge is 2.13. The van der Waals surface area contributed by atoms with E-state index in [4.69, 9.17) is 4.74 Å². The second-order valence-electron chi connectivity index (χ2n) is 5.01. The van der Waals surface area contributed by atoms with Crippen molar-refractivity contribution in [3.8, 4) is 5.75 Å². The zero-order chi connectivity index (χ0) is 16.8. The van der Waals surface area contributed by atoms with Gasteiger partial charge in [-0.25, -0.2) is 8.78 Å². The van der Waals surface area contributed by atoms with Crippen LogP contribution in [0, 0.1) is 11.6 Å². The summed E-state index contributed by atoms with van der Waals surface area (Å²) >= 11 is 3.27. The SMILES string of the molecule is CN(Cc1cc(Br)ccc1F)C(=O)CCOc1ccccc1F.